The zero-order valence-electron chi connectivity index (χ0n) is 20.3. The van der Waals surface area contributed by atoms with E-state index in [1.54, 1.807) is 23.5 Å². The number of halogens is 1. The van der Waals surface area contributed by atoms with Crippen LogP contribution < -0.4 is 4.74 Å². The van der Waals surface area contributed by atoms with Crippen LogP contribution in [0.4, 0.5) is 4.39 Å². The molecule has 2 heterocycles. The van der Waals surface area contributed by atoms with Crippen molar-refractivity contribution in [2.75, 3.05) is 32.8 Å². The van der Waals surface area contributed by atoms with Crippen molar-refractivity contribution in [3.05, 3.63) is 87.9 Å². The number of fused-ring (bicyclic) bond motifs is 1. The zero-order chi connectivity index (χ0) is 24.8. The summed E-state index contributed by atoms with van der Waals surface area (Å²) in [6.07, 6.45) is 0.160. The number of carbonyl (C=O) groups excluding carboxylic acids is 1. The van der Waals surface area contributed by atoms with E-state index in [1.807, 2.05) is 40.1 Å². The molecule has 0 fully saturated rings. The van der Waals surface area contributed by atoms with E-state index in [0.717, 1.165) is 17.5 Å². The molecule has 186 valence electrons. The summed E-state index contributed by atoms with van der Waals surface area (Å²) in [5, 5.41) is 12.9. The molecule has 0 saturated heterocycles. The molecule has 1 amide bonds. The highest BCUT2D eigenvalue weighted by atomic mass is 32.1. The lowest BCUT2D eigenvalue weighted by atomic mass is 10.00. The van der Waals surface area contributed by atoms with Crippen molar-refractivity contribution in [1.82, 2.24) is 9.80 Å². The third-order valence-electron chi connectivity index (χ3n) is 6.23. The summed E-state index contributed by atoms with van der Waals surface area (Å²) in [6, 6.07) is 17.4. The Labute approximate surface area is 210 Å². The van der Waals surface area contributed by atoms with Gasteiger partial charge in [0.2, 0.25) is 5.91 Å². The van der Waals surface area contributed by atoms with Crippen LogP contribution >= 0.6 is 11.3 Å². The van der Waals surface area contributed by atoms with E-state index in [2.05, 4.69) is 25.3 Å². The van der Waals surface area contributed by atoms with Crippen LogP contribution in [0.2, 0.25) is 0 Å². The number of aliphatic hydroxyl groups excluding tert-OH is 1. The van der Waals surface area contributed by atoms with Crippen LogP contribution in [0.15, 0.2) is 66.0 Å². The predicted molar refractivity (Wildman–Crippen MR) is 137 cm³/mol. The van der Waals surface area contributed by atoms with E-state index in [1.165, 1.54) is 17.0 Å². The number of hydrogen-bond acceptors (Lipinski definition) is 5. The molecule has 0 spiro atoms. The molecule has 0 radical (unpaired) electrons. The van der Waals surface area contributed by atoms with Gasteiger partial charge in [-0.15, -0.1) is 11.3 Å². The predicted octanol–water partition coefficient (Wildman–Crippen LogP) is 5.08. The summed E-state index contributed by atoms with van der Waals surface area (Å²) in [5.74, 6) is 0.645. The zero-order valence-corrected chi connectivity index (χ0v) is 21.1. The molecule has 5 nitrogen and oxygen atoms in total. The third kappa shape index (κ3) is 6.69. The van der Waals surface area contributed by atoms with E-state index in [-0.39, 0.29) is 24.3 Å². The number of ether oxygens (including phenoxy) is 1. The smallest absolute Gasteiger partial charge is 0.237 e. The number of benzene rings is 2. The number of hydrogen-bond donors (Lipinski definition) is 1. The normalized spacial score (nSPS) is 16.4. The molecule has 1 N–H and O–H groups in total. The molecule has 2 unspecified atom stereocenters. The van der Waals surface area contributed by atoms with E-state index in [0.29, 0.717) is 37.9 Å². The minimum atomic E-state index is -0.662. The summed E-state index contributed by atoms with van der Waals surface area (Å²) < 4.78 is 19.3. The molecular weight excluding hydrogens is 463 g/mol. The highest BCUT2D eigenvalue weighted by Gasteiger charge is 2.33. The van der Waals surface area contributed by atoms with E-state index >= 15 is 0 Å². The fraction of sp³-hybridized carbons (Fsp3) is 0.393. The number of rotatable bonds is 10. The Hall–Kier alpha value is -2.74. The Morgan fingerprint density at radius 3 is 2.60 bits per heavy atom. The van der Waals surface area contributed by atoms with Crippen molar-refractivity contribution in [2.45, 2.75) is 32.4 Å². The van der Waals surface area contributed by atoms with Crippen LogP contribution in [0.5, 0.6) is 5.75 Å². The van der Waals surface area contributed by atoms with Gasteiger partial charge < -0.3 is 14.7 Å². The Morgan fingerprint density at radius 2 is 1.89 bits per heavy atom. The van der Waals surface area contributed by atoms with E-state index in [4.69, 9.17) is 4.74 Å². The minimum absolute atomic E-state index is 0.0236. The maximum absolute atomic E-state index is 13.6. The Kier molecular flexibility index (Phi) is 8.55. The second-order valence-electron chi connectivity index (χ2n) is 9.43. The molecule has 0 saturated carbocycles. The van der Waals surface area contributed by atoms with Gasteiger partial charge in [-0.05, 0) is 59.2 Å². The molecule has 0 aliphatic carbocycles. The molecule has 2 atom stereocenters. The molecular formula is C28H33FN2O3S. The van der Waals surface area contributed by atoms with E-state index < -0.39 is 6.10 Å². The lowest BCUT2D eigenvalue weighted by Crippen LogP contribution is -2.47. The molecule has 1 aliphatic heterocycles. The van der Waals surface area contributed by atoms with Gasteiger partial charge in [0, 0.05) is 24.5 Å². The van der Waals surface area contributed by atoms with Gasteiger partial charge >= 0.3 is 0 Å². The summed E-state index contributed by atoms with van der Waals surface area (Å²) in [7, 11) is 0. The third-order valence-corrected chi connectivity index (χ3v) is 7.23. The summed E-state index contributed by atoms with van der Waals surface area (Å²) >= 11 is 1.71. The van der Waals surface area contributed by atoms with Gasteiger partial charge in [-0.3, -0.25) is 9.69 Å². The largest absolute Gasteiger partial charge is 0.491 e. The van der Waals surface area contributed by atoms with E-state index in [9.17, 15) is 14.3 Å². The highest BCUT2D eigenvalue weighted by Crippen LogP contribution is 2.34. The van der Waals surface area contributed by atoms with Crippen molar-refractivity contribution in [2.24, 2.45) is 5.92 Å². The maximum Gasteiger partial charge on any atom is 0.237 e. The first-order valence-electron chi connectivity index (χ1n) is 12.1. The van der Waals surface area contributed by atoms with Gasteiger partial charge in [-0.25, -0.2) is 4.39 Å². The van der Waals surface area contributed by atoms with Crippen LogP contribution in [0.3, 0.4) is 0 Å². The number of amides is 1. The topological polar surface area (TPSA) is 53.0 Å². The van der Waals surface area contributed by atoms with Gasteiger partial charge in [0.15, 0.2) is 0 Å². The van der Waals surface area contributed by atoms with Crippen molar-refractivity contribution in [3.63, 3.8) is 0 Å². The van der Waals surface area contributed by atoms with Crippen LogP contribution in [-0.4, -0.2) is 53.6 Å². The maximum atomic E-state index is 13.6. The van der Waals surface area contributed by atoms with Crippen molar-refractivity contribution >= 4 is 17.2 Å². The second-order valence-corrected chi connectivity index (χ2v) is 10.4. The number of aliphatic hydroxyl groups is 1. The Balaban J connectivity index is 1.47. The van der Waals surface area contributed by atoms with Crippen molar-refractivity contribution in [3.8, 4) is 5.75 Å². The van der Waals surface area contributed by atoms with Crippen molar-refractivity contribution in [1.29, 1.82) is 0 Å². The minimum Gasteiger partial charge on any atom is -0.491 e. The molecule has 2 aromatic carbocycles. The first kappa shape index (κ1) is 25.4. The molecule has 0 bridgehead atoms. The monoisotopic (exact) mass is 496 g/mol. The lowest BCUT2D eigenvalue weighted by molar-refractivity contribution is -0.136. The second kappa shape index (κ2) is 11.8. The van der Waals surface area contributed by atoms with Gasteiger partial charge in [0.25, 0.3) is 0 Å². The lowest BCUT2D eigenvalue weighted by Gasteiger charge is -2.37. The average molecular weight is 497 g/mol. The molecule has 1 aliphatic rings. The van der Waals surface area contributed by atoms with Crippen LogP contribution in [0, 0.1) is 11.7 Å². The van der Waals surface area contributed by atoms with Gasteiger partial charge in [0.1, 0.15) is 18.2 Å². The molecule has 1 aromatic heterocycles. The number of thiophene rings is 1. The Morgan fingerprint density at radius 1 is 1.14 bits per heavy atom. The average Bonchev–Trinajstić information content (AvgIpc) is 3.33. The number of carbonyl (C=O) groups is 1. The van der Waals surface area contributed by atoms with Crippen LogP contribution in [0.1, 0.15) is 42.0 Å². The quantitative estimate of drug-likeness (QED) is 0.425. The standard InChI is InChI=1S/C28H33FN2O3S/c1-20(2)16-30(17-26(32)21-6-4-3-5-7-21)18-28(33)31-14-12-27-24(13-15-35-27)25(31)19-34-23-10-8-22(29)9-11-23/h3-11,13,15,20,25-26,32H,12,14,16-19H2,1-2H3. The Bertz CT molecular complexity index is 1090. The number of nitrogens with zero attached hydrogens (tertiary/aromatic N) is 2. The first-order chi connectivity index (χ1) is 16.9. The van der Waals surface area contributed by atoms with Crippen LogP contribution in [0.25, 0.3) is 0 Å². The van der Waals surface area contributed by atoms with Gasteiger partial charge in [0.05, 0.1) is 18.7 Å². The SMILES string of the molecule is CC(C)CN(CC(=O)N1CCc2sccc2C1COc1ccc(F)cc1)CC(O)c1ccccc1. The van der Waals surface area contributed by atoms with Gasteiger partial charge in [-0.2, -0.15) is 0 Å². The molecule has 7 heteroatoms. The van der Waals surface area contributed by atoms with Crippen molar-refractivity contribution < 1.29 is 19.0 Å². The fourth-order valence-electron chi connectivity index (χ4n) is 4.61. The van der Waals surface area contributed by atoms with Crippen LogP contribution in [-0.2, 0) is 11.2 Å². The summed E-state index contributed by atoms with van der Waals surface area (Å²) in [4.78, 5) is 18.8. The molecule has 3 aromatic rings. The molecule has 35 heavy (non-hydrogen) atoms. The summed E-state index contributed by atoms with van der Waals surface area (Å²) in [6.45, 7) is 6.49. The summed E-state index contributed by atoms with van der Waals surface area (Å²) in [5.41, 5.74) is 1.97. The van der Waals surface area contributed by atoms with Gasteiger partial charge in [-0.1, -0.05) is 44.2 Å². The molecule has 4 rings (SSSR count). The highest BCUT2D eigenvalue weighted by molar-refractivity contribution is 7.10. The first-order valence-corrected chi connectivity index (χ1v) is 13.0. The fourth-order valence-corrected chi connectivity index (χ4v) is 5.54.